The van der Waals surface area contributed by atoms with E-state index in [9.17, 15) is 4.79 Å². The summed E-state index contributed by atoms with van der Waals surface area (Å²) in [6.07, 6.45) is 4.87. The van der Waals surface area contributed by atoms with Crippen LogP contribution in [0, 0.1) is 0 Å². The van der Waals surface area contributed by atoms with E-state index in [1.807, 2.05) is 12.1 Å². The number of fused-ring (bicyclic) bond motifs is 1. The first kappa shape index (κ1) is 17.0. The quantitative estimate of drug-likeness (QED) is 0.704. The zero-order valence-electron chi connectivity index (χ0n) is 14.5. The van der Waals surface area contributed by atoms with Crippen molar-refractivity contribution in [3.8, 4) is 5.75 Å². The molecule has 2 heterocycles. The van der Waals surface area contributed by atoms with E-state index in [0.717, 1.165) is 38.0 Å². The molecular formula is C20H25NO2S. The SMILES string of the molecule is CCCCCC(=O)N1CCc2sccc2C1c1ccc(OC)cc1. The number of ether oxygens (including phenoxy) is 1. The number of carbonyl (C=O) groups is 1. The van der Waals surface area contributed by atoms with Gasteiger partial charge < -0.3 is 9.64 Å². The molecule has 1 aliphatic heterocycles. The number of benzene rings is 1. The molecule has 128 valence electrons. The van der Waals surface area contributed by atoms with Crippen molar-refractivity contribution in [2.45, 2.75) is 45.1 Å². The third kappa shape index (κ3) is 3.48. The number of carbonyl (C=O) groups excluding carboxylic acids is 1. The molecule has 0 saturated heterocycles. The molecule has 0 saturated carbocycles. The number of methoxy groups -OCH3 is 1. The molecule has 0 aliphatic carbocycles. The number of amides is 1. The monoisotopic (exact) mass is 343 g/mol. The first-order chi connectivity index (χ1) is 11.7. The molecule has 0 fully saturated rings. The van der Waals surface area contributed by atoms with Crippen molar-refractivity contribution in [1.82, 2.24) is 4.90 Å². The fourth-order valence-corrected chi connectivity index (χ4v) is 4.30. The van der Waals surface area contributed by atoms with Crippen LogP contribution in [0.15, 0.2) is 35.7 Å². The number of hydrogen-bond acceptors (Lipinski definition) is 3. The van der Waals surface area contributed by atoms with Crippen molar-refractivity contribution in [2.24, 2.45) is 0 Å². The van der Waals surface area contributed by atoms with Crippen LogP contribution in [0.3, 0.4) is 0 Å². The van der Waals surface area contributed by atoms with Gasteiger partial charge in [0.25, 0.3) is 0 Å². The van der Waals surface area contributed by atoms with Gasteiger partial charge in [0.15, 0.2) is 0 Å². The van der Waals surface area contributed by atoms with Crippen molar-refractivity contribution in [2.75, 3.05) is 13.7 Å². The van der Waals surface area contributed by atoms with Gasteiger partial charge in [-0.2, -0.15) is 0 Å². The molecule has 0 spiro atoms. The Labute approximate surface area is 148 Å². The van der Waals surface area contributed by atoms with Gasteiger partial charge in [0.1, 0.15) is 5.75 Å². The van der Waals surface area contributed by atoms with Gasteiger partial charge in [0, 0.05) is 17.8 Å². The summed E-state index contributed by atoms with van der Waals surface area (Å²) in [5.74, 6) is 1.13. The minimum atomic E-state index is 0.0417. The molecule has 1 aromatic carbocycles. The van der Waals surface area contributed by atoms with Gasteiger partial charge in [-0.3, -0.25) is 4.79 Å². The van der Waals surface area contributed by atoms with Crippen LogP contribution in [0.2, 0.25) is 0 Å². The summed E-state index contributed by atoms with van der Waals surface area (Å²) in [6, 6.07) is 10.4. The molecule has 4 heteroatoms. The second kappa shape index (κ2) is 7.84. The molecule has 1 atom stereocenters. The highest BCUT2D eigenvalue weighted by Gasteiger charge is 2.32. The Kier molecular flexibility index (Phi) is 5.56. The van der Waals surface area contributed by atoms with Gasteiger partial charge in [-0.25, -0.2) is 0 Å². The molecule has 1 amide bonds. The topological polar surface area (TPSA) is 29.5 Å². The maximum absolute atomic E-state index is 12.8. The Bertz CT molecular complexity index is 677. The van der Waals surface area contributed by atoms with E-state index in [1.165, 1.54) is 16.0 Å². The number of nitrogens with zero attached hydrogens (tertiary/aromatic N) is 1. The highest BCUT2D eigenvalue weighted by atomic mass is 32.1. The predicted octanol–water partition coefficient (Wildman–Crippen LogP) is 4.81. The summed E-state index contributed by atoms with van der Waals surface area (Å²) < 4.78 is 5.27. The van der Waals surface area contributed by atoms with E-state index in [-0.39, 0.29) is 11.9 Å². The Balaban J connectivity index is 1.88. The van der Waals surface area contributed by atoms with Crippen LogP contribution in [-0.2, 0) is 11.2 Å². The summed E-state index contributed by atoms with van der Waals surface area (Å²) in [7, 11) is 1.68. The molecule has 2 aromatic rings. The molecule has 1 aliphatic rings. The second-order valence-electron chi connectivity index (χ2n) is 6.27. The zero-order chi connectivity index (χ0) is 16.9. The summed E-state index contributed by atoms with van der Waals surface area (Å²) >= 11 is 1.80. The average Bonchev–Trinajstić information content (AvgIpc) is 3.10. The minimum absolute atomic E-state index is 0.0417. The lowest BCUT2D eigenvalue weighted by Gasteiger charge is -2.36. The molecule has 3 nitrogen and oxygen atoms in total. The fourth-order valence-electron chi connectivity index (χ4n) is 3.40. The normalized spacial score (nSPS) is 16.8. The standard InChI is InChI=1S/C20H25NO2S/c1-3-4-5-6-19(22)21-13-11-18-17(12-14-24-18)20(21)15-7-9-16(23-2)10-8-15/h7-10,12,14,20H,3-6,11,13H2,1-2H3. The Morgan fingerprint density at radius 1 is 1.25 bits per heavy atom. The van der Waals surface area contributed by atoms with Crippen LogP contribution < -0.4 is 4.74 Å². The van der Waals surface area contributed by atoms with E-state index in [2.05, 4.69) is 35.4 Å². The highest BCUT2D eigenvalue weighted by Crippen LogP contribution is 2.38. The van der Waals surface area contributed by atoms with Gasteiger partial charge in [-0.1, -0.05) is 31.9 Å². The van der Waals surface area contributed by atoms with Crippen LogP contribution in [-0.4, -0.2) is 24.5 Å². The molecular weight excluding hydrogens is 318 g/mol. The lowest BCUT2D eigenvalue weighted by atomic mass is 9.92. The van der Waals surface area contributed by atoms with Gasteiger partial charge in [-0.15, -0.1) is 11.3 Å². The lowest BCUT2D eigenvalue weighted by Crippen LogP contribution is -2.40. The van der Waals surface area contributed by atoms with Crippen LogP contribution in [0.5, 0.6) is 5.75 Å². The largest absolute Gasteiger partial charge is 0.497 e. The van der Waals surface area contributed by atoms with E-state index in [4.69, 9.17) is 4.74 Å². The number of thiophene rings is 1. The average molecular weight is 343 g/mol. The number of hydrogen-bond donors (Lipinski definition) is 0. The van der Waals surface area contributed by atoms with Gasteiger partial charge in [0.2, 0.25) is 5.91 Å². The van der Waals surface area contributed by atoms with E-state index >= 15 is 0 Å². The molecule has 0 bridgehead atoms. The lowest BCUT2D eigenvalue weighted by molar-refractivity contribution is -0.133. The summed E-state index contributed by atoms with van der Waals surface area (Å²) in [5, 5.41) is 2.15. The number of rotatable bonds is 6. The summed E-state index contributed by atoms with van der Waals surface area (Å²) in [6.45, 7) is 2.98. The minimum Gasteiger partial charge on any atom is -0.497 e. The first-order valence-electron chi connectivity index (χ1n) is 8.74. The van der Waals surface area contributed by atoms with Crippen molar-refractivity contribution in [3.05, 3.63) is 51.7 Å². The van der Waals surface area contributed by atoms with Crippen LogP contribution in [0.1, 0.15) is 54.7 Å². The van der Waals surface area contributed by atoms with E-state index < -0.39 is 0 Å². The molecule has 1 aromatic heterocycles. The fraction of sp³-hybridized carbons (Fsp3) is 0.450. The molecule has 0 radical (unpaired) electrons. The van der Waals surface area contributed by atoms with Crippen molar-refractivity contribution < 1.29 is 9.53 Å². The molecule has 24 heavy (non-hydrogen) atoms. The van der Waals surface area contributed by atoms with Crippen LogP contribution in [0.4, 0.5) is 0 Å². The maximum Gasteiger partial charge on any atom is 0.223 e. The predicted molar refractivity (Wildman–Crippen MR) is 98.7 cm³/mol. The molecule has 1 unspecified atom stereocenters. The van der Waals surface area contributed by atoms with Crippen LogP contribution >= 0.6 is 11.3 Å². The third-order valence-corrected chi connectivity index (χ3v) is 5.71. The first-order valence-corrected chi connectivity index (χ1v) is 9.62. The van der Waals surface area contributed by atoms with Gasteiger partial charge in [0.05, 0.1) is 13.2 Å². The molecule has 3 rings (SSSR count). The zero-order valence-corrected chi connectivity index (χ0v) is 15.3. The maximum atomic E-state index is 12.8. The smallest absolute Gasteiger partial charge is 0.223 e. The highest BCUT2D eigenvalue weighted by molar-refractivity contribution is 7.10. The summed E-state index contributed by atoms with van der Waals surface area (Å²) in [5.41, 5.74) is 2.46. The second-order valence-corrected chi connectivity index (χ2v) is 7.27. The van der Waals surface area contributed by atoms with Gasteiger partial charge in [-0.05, 0) is 47.5 Å². The Morgan fingerprint density at radius 2 is 2.04 bits per heavy atom. The molecule has 0 N–H and O–H groups in total. The Hall–Kier alpha value is -1.81. The Morgan fingerprint density at radius 3 is 2.75 bits per heavy atom. The van der Waals surface area contributed by atoms with Gasteiger partial charge >= 0.3 is 0 Å². The van der Waals surface area contributed by atoms with Crippen molar-refractivity contribution in [1.29, 1.82) is 0 Å². The van der Waals surface area contributed by atoms with Crippen LogP contribution in [0.25, 0.3) is 0 Å². The third-order valence-electron chi connectivity index (χ3n) is 4.71. The summed E-state index contributed by atoms with van der Waals surface area (Å²) in [4.78, 5) is 16.3. The van der Waals surface area contributed by atoms with E-state index in [0.29, 0.717) is 6.42 Å². The van der Waals surface area contributed by atoms with E-state index in [1.54, 1.807) is 18.4 Å². The van der Waals surface area contributed by atoms with Crippen molar-refractivity contribution in [3.63, 3.8) is 0 Å². The van der Waals surface area contributed by atoms with Crippen molar-refractivity contribution >= 4 is 17.2 Å². The number of unbranched alkanes of at least 4 members (excludes halogenated alkanes) is 2.